The Morgan fingerprint density at radius 2 is 1.94 bits per heavy atom. The summed E-state index contributed by atoms with van der Waals surface area (Å²) in [7, 11) is 0. The fourth-order valence-corrected chi connectivity index (χ4v) is 5.52. The number of aliphatic hydroxyl groups is 4. The molecule has 0 fully saturated rings. The van der Waals surface area contributed by atoms with Gasteiger partial charge in [-0.2, -0.15) is 0 Å². The van der Waals surface area contributed by atoms with Crippen LogP contribution in [-0.4, -0.2) is 59.7 Å². The third kappa shape index (κ3) is 2.53. The summed E-state index contributed by atoms with van der Waals surface area (Å²) in [5.41, 5.74) is 1.19. The number of oxazole rings is 1. The van der Waals surface area contributed by atoms with Crippen molar-refractivity contribution in [3.8, 4) is 17.2 Å². The summed E-state index contributed by atoms with van der Waals surface area (Å²) >= 11 is 0. The lowest BCUT2D eigenvalue weighted by molar-refractivity contribution is -0.154. The van der Waals surface area contributed by atoms with Gasteiger partial charge in [0.1, 0.15) is 29.1 Å². The first-order chi connectivity index (χ1) is 16.0. The number of primary amides is 1. The topological polar surface area (TPSA) is 204 Å². The van der Waals surface area contributed by atoms with Gasteiger partial charge in [-0.05, 0) is 17.5 Å². The highest BCUT2D eigenvalue weighted by Crippen LogP contribution is 2.55. The molecular weight excluding hydrogens is 448 g/mol. The number of aromatic nitrogens is 1. The van der Waals surface area contributed by atoms with Crippen LogP contribution in [0.1, 0.15) is 35.2 Å². The largest absolute Gasteiger partial charge is 0.511 e. The number of carbonyl (C=O) groups is 3. The number of aromatic hydroxyl groups is 1. The Morgan fingerprint density at radius 1 is 1.24 bits per heavy atom. The summed E-state index contributed by atoms with van der Waals surface area (Å²) in [6.45, 7) is 1.65. The van der Waals surface area contributed by atoms with E-state index >= 15 is 0 Å². The first-order valence-electron chi connectivity index (χ1n) is 10.4. The van der Waals surface area contributed by atoms with Crippen molar-refractivity contribution in [1.29, 1.82) is 0 Å². The first-order valence-corrected chi connectivity index (χ1v) is 10.4. The lowest BCUT2D eigenvalue weighted by atomic mass is 9.56. The Kier molecular flexibility index (Phi) is 4.51. The van der Waals surface area contributed by atoms with Crippen LogP contribution in [0.25, 0.3) is 11.5 Å². The molecule has 3 aliphatic rings. The third-order valence-electron chi connectivity index (χ3n) is 7.16. The molecule has 11 heteroatoms. The molecule has 2 aromatic rings. The smallest absolute Gasteiger partial charge is 0.255 e. The Balaban J connectivity index is 1.75. The second-order valence-electron chi connectivity index (χ2n) is 8.75. The standard InChI is InChI=1S/C23H20N2O9/c1-7-8-2-3-9(22-25-4-5-34-22)16(27)13(8)18(29)15-12(7)17(28)10-6-11(26)14(21(24)32)19(30)23(10,33)20(15)31/h2-5,7,10,12,17,26-28,31,33H,6H2,1H3,(H2,24,32)/t7-,10+,12+,17+,23+/m0/s1. The van der Waals surface area contributed by atoms with Crippen LogP contribution in [0.4, 0.5) is 0 Å². The predicted molar refractivity (Wildman–Crippen MR) is 112 cm³/mol. The van der Waals surface area contributed by atoms with Gasteiger partial charge in [0, 0.05) is 23.8 Å². The number of aliphatic hydroxyl groups excluding tert-OH is 3. The molecule has 0 saturated carbocycles. The minimum Gasteiger partial charge on any atom is -0.511 e. The maximum atomic E-state index is 13.6. The van der Waals surface area contributed by atoms with Crippen molar-refractivity contribution in [3.63, 3.8) is 0 Å². The van der Waals surface area contributed by atoms with E-state index in [0.29, 0.717) is 5.56 Å². The molecule has 1 aromatic carbocycles. The van der Waals surface area contributed by atoms with E-state index in [1.165, 1.54) is 18.5 Å². The number of hydrogen-bond donors (Lipinski definition) is 6. The van der Waals surface area contributed by atoms with Crippen LogP contribution < -0.4 is 5.73 Å². The van der Waals surface area contributed by atoms with Gasteiger partial charge in [-0.25, -0.2) is 4.98 Å². The number of carbonyl (C=O) groups excluding carboxylic acids is 3. The Hall–Kier alpha value is -3.96. The highest BCUT2D eigenvalue weighted by atomic mass is 16.4. The number of fused-ring (bicyclic) bond motifs is 3. The van der Waals surface area contributed by atoms with Gasteiger partial charge in [-0.15, -0.1) is 0 Å². The number of amides is 1. The molecule has 0 radical (unpaired) electrons. The minimum atomic E-state index is -2.87. The fourth-order valence-electron chi connectivity index (χ4n) is 5.52. The molecule has 1 heterocycles. The molecule has 7 N–H and O–H groups in total. The summed E-state index contributed by atoms with van der Waals surface area (Å²) in [5, 5.41) is 54.7. The Labute approximate surface area is 191 Å². The quantitative estimate of drug-likeness (QED) is 0.341. The number of nitrogens with zero attached hydrogens (tertiary/aromatic N) is 1. The molecule has 5 rings (SSSR count). The van der Waals surface area contributed by atoms with Crippen molar-refractivity contribution < 1.29 is 44.3 Å². The van der Waals surface area contributed by atoms with Crippen LogP contribution in [0.15, 0.2) is 51.7 Å². The zero-order valence-corrected chi connectivity index (χ0v) is 17.7. The minimum absolute atomic E-state index is 0.0395. The molecule has 0 saturated heterocycles. The predicted octanol–water partition coefficient (Wildman–Crippen LogP) is 0.767. The monoisotopic (exact) mass is 468 g/mol. The zero-order valence-electron chi connectivity index (χ0n) is 17.7. The molecule has 11 nitrogen and oxygen atoms in total. The van der Waals surface area contributed by atoms with Gasteiger partial charge in [0.05, 0.1) is 23.4 Å². The summed E-state index contributed by atoms with van der Waals surface area (Å²) < 4.78 is 5.20. The molecule has 0 aliphatic heterocycles. The third-order valence-corrected chi connectivity index (χ3v) is 7.16. The molecular formula is C23H20N2O9. The van der Waals surface area contributed by atoms with Crippen molar-refractivity contribution in [2.24, 2.45) is 17.6 Å². The zero-order chi connectivity index (χ0) is 24.7. The Morgan fingerprint density at radius 3 is 2.56 bits per heavy atom. The van der Waals surface area contributed by atoms with Gasteiger partial charge < -0.3 is 35.7 Å². The average Bonchev–Trinajstić information content (AvgIpc) is 3.31. The second kappa shape index (κ2) is 7.02. The normalized spacial score (nSPS) is 30.7. The number of rotatable bonds is 2. The maximum Gasteiger partial charge on any atom is 0.255 e. The van der Waals surface area contributed by atoms with Crippen LogP contribution in [-0.2, 0) is 9.59 Å². The second-order valence-corrected chi connectivity index (χ2v) is 8.75. The molecule has 1 aromatic heterocycles. The van der Waals surface area contributed by atoms with E-state index in [2.05, 4.69) is 4.98 Å². The van der Waals surface area contributed by atoms with Crippen molar-refractivity contribution >= 4 is 17.5 Å². The molecule has 5 atom stereocenters. The van der Waals surface area contributed by atoms with Crippen LogP contribution in [0.2, 0.25) is 0 Å². The van der Waals surface area contributed by atoms with Crippen molar-refractivity contribution in [2.45, 2.75) is 31.0 Å². The molecule has 0 spiro atoms. The van der Waals surface area contributed by atoms with Gasteiger partial charge in [-0.1, -0.05) is 13.0 Å². The molecule has 176 valence electrons. The summed E-state index contributed by atoms with van der Waals surface area (Å²) in [6, 6.07) is 3.06. The lowest BCUT2D eigenvalue weighted by Crippen LogP contribution is -2.62. The van der Waals surface area contributed by atoms with E-state index in [-0.39, 0.29) is 17.0 Å². The van der Waals surface area contributed by atoms with Crippen molar-refractivity contribution in [3.05, 3.63) is 58.4 Å². The van der Waals surface area contributed by atoms with Crippen molar-refractivity contribution in [1.82, 2.24) is 4.98 Å². The van der Waals surface area contributed by atoms with Crippen LogP contribution >= 0.6 is 0 Å². The highest BCUT2D eigenvalue weighted by Gasteiger charge is 2.64. The number of nitrogens with two attached hydrogens (primary N) is 1. The Bertz CT molecular complexity index is 1340. The summed E-state index contributed by atoms with van der Waals surface area (Å²) in [4.78, 5) is 42.3. The summed E-state index contributed by atoms with van der Waals surface area (Å²) in [5.74, 6) is -9.06. The number of benzene rings is 1. The van der Waals surface area contributed by atoms with E-state index in [4.69, 9.17) is 10.2 Å². The number of phenolic OH excluding ortho intramolecular Hbond substituents is 1. The molecule has 0 unspecified atom stereocenters. The van der Waals surface area contributed by atoms with Crippen LogP contribution in [0.3, 0.4) is 0 Å². The van der Waals surface area contributed by atoms with Crippen LogP contribution in [0.5, 0.6) is 5.75 Å². The number of allylic oxidation sites excluding steroid dienone is 1. The molecule has 1 amide bonds. The number of Topliss-reactive ketones (excluding diaryl/α,β-unsaturated/α-hetero) is 2. The molecule has 34 heavy (non-hydrogen) atoms. The van der Waals surface area contributed by atoms with Crippen LogP contribution in [0, 0.1) is 11.8 Å². The average molecular weight is 468 g/mol. The highest BCUT2D eigenvalue weighted by molar-refractivity contribution is 6.24. The summed E-state index contributed by atoms with van der Waals surface area (Å²) in [6.07, 6.45) is 0.531. The van der Waals surface area contributed by atoms with Gasteiger partial charge in [0.15, 0.2) is 11.4 Å². The van der Waals surface area contributed by atoms with Gasteiger partial charge >= 0.3 is 0 Å². The van der Waals surface area contributed by atoms with E-state index in [1.54, 1.807) is 13.0 Å². The number of ketones is 2. The maximum absolute atomic E-state index is 13.6. The number of phenols is 1. The SMILES string of the molecule is C[C@H]1c2ccc(-c3ncco3)c(O)c2C(=O)C2=C(O)[C@]3(O)C(=O)C(C(N)=O)=C(O)C[C@@H]3[C@@H](O)[C@@H]21. The van der Waals surface area contributed by atoms with E-state index in [1.807, 2.05) is 0 Å². The fraction of sp³-hybridized carbons (Fsp3) is 0.304. The number of hydrogen-bond acceptors (Lipinski definition) is 10. The molecule has 0 bridgehead atoms. The van der Waals surface area contributed by atoms with E-state index in [9.17, 15) is 39.9 Å². The van der Waals surface area contributed by atoms with E-state index in [0.717, 1.165) is 0 Å². The van der Waals surface area contributed by atoms with Crippen molar-refractivity contribution in [2.75, 3.05) is 0 Å². The lowest BCUT2D eigenvalue weighted by Gasteiger charge is -2.50. The molecule has 3 aliphatic carbocycles. The first kappa shape index (κ1) is 21.9. The van der Waals surface area contributed by atoms with Gasteiger partial charge in [0.25, 0.3) is 5.91 Å². The van der Waals surface area contributed by atoms with E-state index < -0.39 is 81.8 Å². The van der Waals surface area contributed by atoms with Gasteiger partial charge in [-0.3, -0.25) is 14.4 Å². The van der Waals surface area contributed by atoms with Gasteiger partial charge in [0.2, 0.25) is 11.7 Å².